The molecule has 0 aromatic heterocycles. The Balaban J connectivity index is 1.83. The van der Waals surface area contributed by atoms with Gasteiger partial charge >= 0.3 is 0 Å². The lowest BCUT2D eigenvalue weighted by Crippen LogP contribution is -2.22. The van der Waals surface area contributed by atoms with Gasteiger partial charge in [0.25, 0.3) is 11.8 Å². The maximum atomic E-state index is 12.6. The number of anilines is 1. The molecule has 0 bridgehead atoms. The number of amides is 2. The zero-order valence-corrected chi connectivity index (χ0v) is 15.7. The highest BCUT2D eigenvalue weighted by Gasteiger charge is 2.21. The first-order chi connectivity index (χ1) is 13.0. The van der Waals surface area contributed by atoms with Gasteiger partial charge in [-0.25, -0.2) is 0 Å². The molecule has 3 rings (SSSR count). The van der Waals surface area contributed by atoms with Crippen LogP contribution in [0.4, 0.5) is 5.69 Å². The molecule has 0 unspecified atom stereocenters. The molecule has 0 aliphatic carbocycles. The van der Waals surface area contributed by atoms with Crippen molar-refractivity contribution < 1.29 is 19.1 Å². The van der Waals surface area contributed by atoms with Crippen LogP contribution in [0, 0.1) is 0 Å². The summed E-state index contributed by atoms with van der Waals surface area (Å²) in [6, 6.07) is 10.2. The van der Waals surface area contributed by atoms with E-state index in [0.29, 0.717) is 40.0 Å². The molecule has 1 aliphatic heterocycles. The summed E-state index contributed by atoms with van der Waals surface area (Å²) in [4.78, 5) is 24.4. The van der Waals surface area contributed by atoms with Gasteiger partial charge in [0, 0.05) is 18.2 Å². The largest absolute Gasteiger partial charge is 0.490 e. The van der Waals surface area contributed by atoms with Crippen molar-refractivity contribution >= 4 is 35.2 Å². The van der Waals surface area contributed by atoms with Crippen molar-refractivity contribution in [3.8, 4) is 11.5 Å². The SMILES string of the molecule is CCOc1cccc2c1OCC(C(=O)Nc1cc(C(=O)NC)ccc1Cl)=C2. The molecule has 0 atom stereocenters. The van der Waals surface area contributed by atoms with E-state index in [2.05, 4.69) is 10.6 Å². The average molecular weight is 387 g/mol. The van der Waals surface area contributed by atoms with E-state index in [-0.39, 0.29) is 18.4 Å². The summed E-state index contributed by atoms with van der Waals surface area (Å²) in [5, 5.41) is 5.61. The van der Waals surface area contributed by atoms with Crippen LogP contribution in [0.2, 0.25) is 5.02 Å². The standard InChI is InChI=1S/C20H19ClN2O4/c1-3-26-17-6-4-5-12-9-14(11-27-18(12)17)20(25)23-16-10-13(19(24)22-2)7-8-15(16)21/h4-10H,3,11H2,1-2H3,(H,22,24)(H,23,25). The first kappa shape index (κ1) is 18.8. The van der Waals surface area contributed by atoms with Gasteiger partial charge in [-0.3, -0.25) is 9.59 Å². The summed E-state index contributed by atoms with van der Waals surface area (Å²) < 4.78 is 11.3. The van der Waals surface area contributed by atoms with Crippen LogP contribution < -0.4 is 20.1 Å². The number of rotatable bonds is 5. The Morgan fingerprint density at radius 1 is 1.22 bits per heavy atom. The average Bonchev–Trinajstić information content (AvgIpc) is 2.69. The van der Waals surface area contributed by atoms with Crippen molar-refractivity contribution in [2.75, 3.05) is 25.6 Å². The quantitative estimate of drug-likeness (QED) is 0.824. The number of halogens is 1. The lowest BCUT2D eigenvalue weighted by atomic mass is 10.1. The molecule has 2 N–H and O–H groups in total. The molecule has 2 aromatic rings. The molecule has 140 valence electrons. The van der Waals surface area contributed by atoms with Gasteiger partial charge in [-0.1, -0.05) is 23.7 Å². The van der Waals surface area contributed by atoms with E-state index in [4.69, 9.17) is 21.1 Å². The summed E-state index contributed by atoms with van der Waals surface area (Å²) in [6.07, 6.45) is 1.76. The Morgan fingerprint density at radius 3 is 2.78 bits per heavy atom. The third-order valence-corrected chi connectivity index (χ3v) is 4.34. The highest BCUT2D eigenvalue weighted by molar-refractivity contribution is 6.34. The molecule has 6 nitrogen and oxygen atoms in total. The molecular formula is C20H19ClN2O4. The number of carbonyl (C=O) groups is 2. The molecule has 27 heavy (non-hydrogen) atoms. The van der Waals surface area contributed by atoms with Gasteiger partial charge in [-0.15, -0.1) is 0 Å². The predicted molar refractivity (Wildman–Crippen MR) is 105 cm³/mol. The van der Waals surface area contributed by atoms with Gasteiger partial charge in [-0.2, -0.15) is 0 Å². The van der Waals surface area contributed by atoms with Crippen LogP contribution in [0.15, 0.2) is 42.0 Å². The van der Waals surface area contributed by atoms with Crippen molar-refractivity contribution in [1.29, 1.82) is 0 Å². The second-order valence-corrected chi connectivity index (χ2v) is 6.20. The van der Waals surface area contributed by atoms with Crippen LogP contribution in [0.1, 0.15) is 22.8 Å². The van der Waals surface area contributed by atoms with Crippen LogP contribution in [-0.4, -0.2) is 32.1 Å². The number of carbonyl (C=O) groups excluding carboxylic acids is 2. The fourth-order valence-corrected chi connectivity index (χ4v) is 2.85. The van der Waals surface area contributed by atoms with Crippen LogP contribution >= 0.6 is 11.6 Å². The highest BCUT2D eigenvalue weighted by Crippen LogP contribution is 2.36. The van der Waals surface area contributed by atoms with Crippen LogP contribution in [-0.2, 0) is 4.79 Å². The number of hydrogen-bond donors (Lipinski definition) is 2. The van der Waals surface area contributed by atoms with Gasteiger partial charge in [-0.05, 0) is 37.3 Å². The highest BCUT2D eigenvalue weighted by atomic mass is 35.5. The van der Waals surface area contributed by atoms with Gasteiger partial charge in [0.1, 0.15) is 6.61 Å². The maximum absolute atomic E-state index is 12.6. The van der Waals surface area contributed by atoms with E-state index >= 15 is 0 Å². The monoisotopic (exact) mass is 386 g/mol. The van der Waals surface area contributed by atoms with Crippen LogP contribution in [0.5, 0.6) is 11.5 Å². The molecule has 2 amide bonds. The molecule has 2 aromatic carbocycles. The van der Waals surface area contributed by atoms with Crippen molar-refractivity contribution in [2.45, 2.75) is 6.92 Å². The number of hydrogen-bond acceptors (Lipinski definition) is 4. The molecule has 7 heteroatoms. The Hall–Kier alpha value is -2.99. The van der Waals surface area contributed by atoms with Crippen molar-refractivity contribution in [3.63, 3.8) is 0 Å². The minimum atomic E-state index is -0.349. The van der Waals surface area contributed by atoms with Gasteiger partial charge < -0.3 is 20.1 Å². The second kappa shape index (κ2) is 8.14. The second-order valence-electron chi connectivity index (χ2n) is 5.79. The van der Waals surface area contributed by atoms with E-state index in [0.717, 1.165) is 5.56 Å². The summed E-state index contributed by atoms with van der Waals surface area (Å²) in [6.45, 7) is 2.53. The molecular weight excluding hydrogens is 368 g/mol. The summed E-state index contributed by atoms with van der Waals surface area (Å²) in [5.74, 6) is 0.653. The minimum Gasteiger partial charge on any atom is -0.490 e. The van der Waals surface area contributed by atoms with E-state index in [1.165, 1.54) is 13.1 Å². The maximum Gasteiger partial charge on any atom is 0.255 e. The Kier molecular flexibility index (Phi) is 5.66. The number of para-hydroxylation sites is 1. The lowest BCUT2D eigenvalue weighted by Gasteiger charge is -2.20. The molecule has 1 heterocycles. The molecule has 0 spiro atoms. The molecule has 0 saturated carbocycles. The molecule has 0 saturated heterocycles. The van der Waals surface area contributed by atoms with Crippen molar-refractivity contribution in [1.82, 2.24) is 5.32 Å². The van der Waals surface area contributed by atoms with Gasteiger partial charge in [0.2, 0.25) is 0 Å². The van der Waals surface area contributed by atoms with E-state index < -0.39 is 0 Å². The fraction of sp³-hybridized carbons (Fsp3) is 0.200. The number of ether oxygens (including phenoxy) is 2. The Morgan fingerprint density at radius 2 is 2.04 bits per heavy atom. The third kappa shape index (κ3) is 4.06. The van der Waals surface area contributed by atoms with Crippen molar-refractivity contribution in [2.24, 2.45) is 0 Å². The fourth-order valence-electron chi connectivity index (χ4n) is 2.69. The van der Waals surface area contributed by atoms with E-state index in [1.807, 2.05) is 25.1 Å². The predicted octanol–water partition coefficient (Wildman–Crippen LogP) is 3.51. The zero-order valence-electron chi connectivity index (χ0n) is 15.0. The van der Waals surface area contributed by atoms with E-state index in [9.17, 15) is 9.59 Å². The van der Waals surface area contributed by atoms with Gasteiger partial charge in [0.05, 0.1) is 22.9 Å². The first-order valence-electron chi connectivity index (χ1n) is 8.45. The number of nitrogens with one attached hydrogen (secondary N) is 2. The molecule has 1 aliphatic rings. The normalized spacial score (nSPS) is 12.3. The minimum absolute atomic E-state index is 0.107. The van der Waals surface area contributed by atoms with E-state index in [1.54, 1.807) is 18.2 Å². The smallest absolute Gasteiger partial charge is 0.255 e. The Bertz CT molecular complexity index is 924. The number of benzene rings is 2. The zero-order chi connectivity index (χ0) is 19.4. The lowest BCUT2D eigenvalue weighted by molar-refractivity contribution is -0.113. The van der Waals surface area contributed by atoms with Crippen LogP contribution in [0.3, 0.4) is 0 Å². The van der Waals surface area contributed by atoms with Crippen LogP contribution in [0.25, 0.3) is 6.08 Å². The Labute approximate surface area is 162 Å². The summed E-state index contributed by atoms with van der Waals surface area (Å²) >= 11 is 6.15. The number of fused-ring (bicyclic) bond motifs is 1. The first-order valence-corrected chi connectivity index (χ1v) is 8.83. The molecule has 0 fully saturated rings. The molecule has 0 radical (unpaired) electrons. The van der Waals surface area contributed by atoms with Crippen molar-refractivity contribution in [3.05, 3.63) is 58.1 Å². The summed E-state index contributed by atoms with van der Waals surface area (Å²) in [5.41, 5.74) is 1.97. The summed E-state index contributed by atoms with van der Waals surface area (Å²) in [7, 11) is 1.54. The topological polar surface area (TPSA) is 76.7 Å². The van der Waals surface area contributed by atoms with Gasteiger partial charge in [0.15, 0.2) is 11.5 Å². The third-order valence-electron chi connectivity index (χ3n) is 4.01.